The Labute approximate surface area is 246 Å². The monoisotopic (exact) mass is 585 g/mol. The Morgan fingerprint density at radius 3 is 2.40 bits per heavy atom. The third-order valence-electron chi connectivity index (χ3n) is 7.72. The van der Waals surface area contributed by atoms with E-state index in [1.165, 1.54) is 20.3 Å². The average Bonchev–Trinajstić information content (AvgIpc) is 3.76. The van der Waals surface area contributed by atoms with Crippen molar-refractivity contribution in [3.63, 3.8) is 0 Å². The Morgan fingerprint density at radius 2 is 1.81 bits per heavy atom. The van der Waals surface area contributed by atoms with Crippen LogP contribution in [0.15, 0.2) is 58.5 Å². The van der Waals surface area contributed by atoms with Gasteiger partial charge >= 0.3 is 6.09 Å². The first kappa shape index (κ1) is 33.0. The molecule has 3 rings (SSSR count). The van der Waals surface area contributed by atoms with Gasteiger partial charge < -0.3 is 35.7 Å². The molecule has 42 heavy (non-hydrogen) atoms. The number of aliphatic hydroxyl groups is 1. The lowest BCUT2D eigenvalue weighted by Gasteiger charge is -2.30. The molecule has 11 nitrogen and oxygen atoms in total. The predicted molar refractivity (Wildman–Crippen MR) is 156 cm³/mol. The maximum Gasteiger partial charge on any atom is 0.405 e. The SMILES string of the molecule is COC1/C=C/C=C(\C)C(=O)NC2=CC(=O)C(NC3CC3)=C(CC(C)CC(OC)C(O)C(C)/C=C(\C)C1OC(N)=O)C2=O. The van der Waals surface area contributed by atoms with Gasteiger partial charge in [0, 0.05) is 43.4 Å². The predicted octanol–water partition coefficient (Wildman–Crippen LogP) is 2.51. The van der Waals surface area contributed by atoms with Gasteiger partial charge in [0.05, 0.1) is 23.6 Å². The molecule has 5 N–H and O–H groups in total. The summed E-state index contributed by atoms with van der Waals surface area (Å²) >= 11 is 0. The highest BCUT2D eigenvalue weighted by atomic mass is 16.6. The third-order valence-corrected chi connectivity index (χ3v) is 7.72. The fourth-order valence-electron chi connectivity index (χ4n) is 5.17. The quantitative estimate of drug-likeness (QED) is 0.280. The fourth-order valence-corrected chi connectivity index (χ4v) is 5.17. The van der Waals surface area contributed by atoms with Crippen molar-refractivity contribution >= 4 is 23.6 Å². The van der Waals surface area contributed by atoms with E-state index in [0.29, 0.717) is 17.6 Å². The number of fused-ring (bicyclic) bond motifs is 2. The molecule has 0 aromatic rings. The number of carbonyl (C=O) groups excluding carboxylic acids is 4. The number of Topliss-reactive ketones (excluding diaryl/α,β-unsaturated/α-hetero) is 1. The first-order chi connectivity index (χ1) is 19.9. The van der Waals surface area contributed by atoms with E-state index >= 15 is 0 Å². The molecule has 2 aliphatic carbocycles. The van der Waals surface area contributed by atoms with Gasteiger partial charge in [-0.15, -0.1) is 0 Å². The van der Waals surface area contributed by atoms with Crippen LogP contribution in [0.25, 0.3) is 0 Å². The first-order valence-electron chi connectivity index (χ1n) is 14.2. The number of allylic oxidation sites excluding steroid dienone is 4. The molecule has 1 saturated carbocycles. The van der Waals surface area contributed by atoms with Gasteiger partial charge in [0.1, 0.15) is 6.10 Å². The van der Waals surface area contributed by atoms with E-state index < -0.39 is 48.1 Å². The Morgan fingerprint density at radius 1 is 1.12 bits per heavy atom. The van der Waals surface area contributed by atoms with Crippen LogP contribution in [0.3, 0.4) is 0 Å². The lowest BCUT2D eigenvalue weighted by molar-refractivity contribution is -0.120. The van der Waals surface area contributed by atoms with Crippen molar-refractivity contribution in [2.75, 3.05) is 14.2 Å². The minimum absolute atomic E-state index is 0.0929. The molecule has 3 aliphatic rings. The van der Waals surface area contributed by atoms with E-state index in [0.717, 1.165) is 18.9 Å². The number of hydrogen-bond acceptors (Lipinski definition) is 9. The molecule has 0 aromatic carbocycles. The number of amides is 2. The lowest BCUT2D eigenvalue weighted by Crippen LogP contribution is -2.38. The van der Waals surface area contributed by atoms with Gasteiger partial charge in [-0.05, 0) is 51.0 Å². The number of methoxy groups -OCH3 is 2. The van der Waals surface area contributed by atoms with Crippen molar-refractivity contribution in [1.29, 1.82) is 0 Å². The standard InChI is InChI=1S/C31H43N3O8/c1-16-12-21-26(33-20-10-11-20)23(35)15-22(28(21)37)34-30(38)17(2)8-7-9-24(40-5)29(42-31(32)39)19(4)14-18(3)27(36)25(13-16)41-6/h7-9,14-16,18,20,24-25,27,29,33,36H,10-13H2,1-6H3,(H2,32,39)(H,34,38)/b9-7+,17-8+,19-14+. The Kier molecular flexibility index (Phi) is 11.4. The van der Waals surface area contributed by atoms with Crippen LogP contribution in [0, 0.1) is 11.8 Å². The van der Waals surface area contributed by atoms with Crippen LogP contribution in [0.2, 0.25) is 0 Å². The molecule has 0 spiro atoms. The minimum Gasteiger partial charge on any atom is -0.439 e. The molecule has 230 valence electrons. The Bertz CT molecular complexity index is 1230. The van der Waals surface area contributed by atoms with Gasteiger partial charge in [-0.3, -0.25) is 14.4 Å². The van der Waals surface area contributed by atoms with Crippen molar-refractivity contribution < 1.29 is 38.5 Å². The normalized spacial score (nSPS) is 33.5. The van der Waals surface area contributed by atoms with E-state index in [1.54, 1.807) is 32.1 Å². The molecule has 0 saturated heterocycles. The molecule has 1 heterocycles. The number of aliphatic hydroxyl groups excluding tert-OH is 1. The van der Waals surface area contributed by atoms with Crippen molar-refractivity contribution in [2.45, 2.75) is 83.8 Å². The fraction of sp³-hybridized carbons (Fsp3) is 0.548. The van der Waals surface area contributed by atoms with E-state index in [9.17, 15) is 24.3 Å². The summed E-state index contributed by atoms with van der Waals surface area (Å²) in [5.41, 5.74) is 6.69. The second kappa shape index (κ2) is 14.6. The van der Waals surface area contributed by atoms with Crippen molar-refractivity contribution in [2.24, 2.45) is 17.6 Å². The van der Waals surface area contributed by atoms with Crippen molar-refractivity contribution in [3.05, 3.63) is 58.5 Å². The molecule has 0 aromatic heterocycles. The van der Waals surface area contributed by atoms with Gasteiger partial charge in [-0.2, -0.15) is 0 Å². The second-order valence-corrected chi connectivity index (χ2v) is 11.3. The molecule has 2 amide bonds. The summed E-state index contributed by atoms with van der Waals surface area (Å²) in [4.78, 5) is 51.5. The van der Waals surface area contributed by atoms with Crippen molar-refractivity contribution in [3.8, 4) is 0 Å². The smallest absolute Gasteiger partial charge is 0.405 e. The number of nitrogens with two attached hydrogens (primary N) is 1. The zero-order valence-electron chi connectivity index (χ0n) is 25.1. The average molecular weight is 586 g/mol. The molecular formula is C31H43N3O8. The molecule has 0 radical (unpaired) electrons. The van der Waals surface area contributed by atoms with Crippen LogP contribution in [0.5, 0.6) is 0 Å². The number of primary amides is 1. The van der Waals surface area contributed by atoms with Crippen LogP contribution >= 0.6 is 0 Å². The van der Waals surface area contributed by atoms with Crippen LogP contribution < -0.4 is 16.4 Å². The molecule has 1 aliphatic heterocycles. The van der Waals surface area contributed by atoms with Crippen LogP contribution in [0.1, 0.15) is 53.4 Å². The molecule has 6 unspecified atom stereocenters. The number of ketones is 2. The number of hydrogen-bond donors (Lipinski definition) is 4. The molecular weight excluding hydrogens is 542 g/mol. The van der Waals surface area contributed by atoms with E-state index in [1.807, 2.05) is 13.8 Å². The van der Waals surface area contributed by atoms with Gasteiger partial charge in [0.2, 0.25) is 11.6 Å². The van der Waals surface area contributed by atoms with E-state index in [2.05, 4.69) is 10.6 Å². The summed E-state index contributed by atoms with van der Waals surface area (Å²) in [6, 6.07) is 0.140. The summed E-state index contributed by atoms with van der Waals surface area (Å²) in [5, 5.41) is 17.0. The summed E-state index contributed by atoms with van der Waals surface area (Å²) in [6.07, 6.45) is 5.85. The van der Waals surface area contributed by atoms with Crippen LogP contribution in [0.4, 0.5) is 4.79 Å². The number of carbonyl (C=O) groups is 4. The maximum atomic E-state index is 13.6. The highest BCUT2D eigenvalue weighted by Gasteiger charge is 2.35. The largest absolute Gasteiger partial charge is 0.439 e. The molecule has 2 bridgehead atoms. The van der Waals surface area contributed by atoms with Crippen LogP contribution in [-0.2, 0) is 28.6 Å². The first-order valence-corrected chi connectivity index (χ1v) is 14.2. The maximum absolute atomic E-state index is 13.6. The zero-order chi connectivity index (χ0) is 31.1. The Hall–Kier alpha value is -3.54. The topological polar surface area (TPSA) is 166 Å². The zero-order valence-corrected chi connectivity index (χ0v) is 25.1. The summed E-state index contributed by atoms with van der Waals surface area (Å²) in [5.74, 6) is -1.94. The molecule has 6 atom stereocenters. The minimum atomic E-state index is -0.993. The summed E-state index contributed by atoms with van der Waals surface area (Å²) in [6.45, 7) is 7.04. The van der Waals surface area contributed by atoms with Gasteiger partial charge in [-0.1, -0.05) is 38.2 Å². The Balaban J connectivity index is 2.05. The van der Waals surface area contributed by atoms with E-state index in [-0.39, 0.29) is 41.1 Å². The van der Waals surface area contributed by atoms with Gasteiger partial charge in [0.25, 0.3) is 5.91 Å². The third kappa shape index (κ3) is 8.50. The highest BCUT2D eigenvalue weighted by Crippen LogP contribution is 2.30. The van der Waals surface area contributed by atoms with Crippen LogP contribution in [-0.4, -0.2) is 73.4 Å². The van der Waals surface area contributed by atoms with Gasteiger partial charge in [0.15, 0.2) is 6.10 Å². The highest BCUT2D eigenvalue weighted by molar-refractivity contribution is 6.23. The van der Waals surface area contributed by atoms with Crippen molar-refractivity contribution in [1.82, 2.24) is 10.6 Å². The number of rotatable bonds is 5. The molecule has 1 fully saturated rings. The summed E-state index contributed by atoms with van der Waals surface area (Å²) in [7, 11) is 2.94. The number of nitrogens with one attached hydrogen (secondary N) is 2. The summed E-state index contributed by atoms with van der Waals surface area (Å²) < 4.78 is 16.6. The van der Waals surface area contributed by atoms with Gasteiger partial charge in [-0.25, -0.2) is 4.79 Å². The second-order valence-electron chi connectivity index (χ2n) is 11.3. The lowest BCUT2D eigenvalue weighted by atomic mass is 9.85. The number of ether oxygens (including phenoxy) is 3. The van der Waals surface area contributed by atoms with E-state index in [4.69, 9.17) is 19.9 Å². The molecule has 11 heteroatoms.